The van der Waals surface area contributed by atoms with Crippen molar-refractivity contribution in [2.75, 3.05) is 0 Å². The highest BCUT2D eigenvalue weighted by molar-refractivity contribution is 6.29. The molecule has 0 saturated heterocycles. The predicted molar refractivity (Wildman–Crippen MR) is 42.0 cm³/mol. The Morgan fingerprint density at radius 1 is 1.58 bits per heavy atom. The zero-order chi connectivity index (χ0) is 9.30. The number of hydrogen-bond acceptors (Lipinski definition) is 2. The molecule has 0 aromatic carbocycles. The highest BCUT2D eigenvalue weighted by Gasteiger charge is 2.09. The van der Waals surface area contributed by atoms with Gasteiger partial charge in [0.25, 0.3) is 5.56 Å². The molecule has 0 bridgehead atoms. The van der Waals surface area contributed by atoms with Crippen molar-refractivity contribution in [3.63, 3.8) is 0 Å². The molecule has 1 rings (SSSR count). The number of halogens is 2. The van der Waals surface area contributed by atoms with Gasteiger partial charge in [0.1, 0.15) is 0 Å². The summed E-state index contributed by atoms with van der Waals surface area (Å²) < 4.78 is 13.4. The Balaban J connectivity index is 3.64. The molecule has 0 saturated carbocycles. The third-order valence-corrected chi connectivity index (χ3v) is 1.66. The first-order chi connectivity index (χ1) is 5.57. The van der Waals surface area contributed by atoms with Crippen molar-refractivity contribution in [3.05, 3.63) is 31.8 Å². The van der Waals surface area contributed by atoms with Crippen LogP contribution in [0, 0.1) is 5.82 Å². The molecule has 12 heavy (non-hydrogen) atoms. The molecule has 1 N–H and O–H groups in total. The van der Waals surface area contributed by atoms with E-state index in [1.54, 1.807) is 6.92 Å². The van der Waals surface area contributed by atoms with Crippen molar-refractivity contribution in [2.45, 2.75) is 13.5 Å². The lowest BCUT2D eigenvalue weighted by atomic mass is 10.5. The highest BCUT2D eigenvalue weighted by Crippen LogP contribution is 2.01. The first-order valence-electron chi connectivity index (χ1n) is 3.26. The Morgan fingerprint density at radius 3 is 2.67 bits per heavy atom. The van der Waals surface area contributed by atoms with Crippen LogP contribution in [0.25, 0.3) is 0 Å². The van der Waals surface area contributed by atoms with Crippen LogP contribution in [0.5, 0.6) is 0 Å². The summed E-state index contributed by atoms with van der Waals surface area (Å²) in [5, 5.41) is -0.547. The molecule has 4 nitrogen and oxygen atoms in total. The lowest BCUT2D eigenvalue weighted by Gasteiger charge is -1.99. The average Bonchev–Trinajstić information content (AvgIpc) is 2.01. The Hall–Kier alpha value is -1.10. The minimum absolute atomic E-state index is 0.113. The van der Waals surface area contributed by atoms with Crippen molar-refractivity contribution in [3.8, 4) is 0 Å². The van der Waals surface area contributed by atoms with Gasteiger partial charge in [0.2, 0.25) is 5.82 Å². The Kier molecular flexibility index (Phi) is 2.32. The van der Waals surface area contributed by atoms with E-state index in [4.69, 9.17) is 11.6 Å². The molecule has 1 aromatic heterocycles. The molecule has 0 unspecified atom stereocenters. The molecule has 0 radical (unpaired) electrons. The number of nitrogens with zero attached hydrogens (tertiary/aromatic N) is 1. The second-order valence-electron chi connectivity index (χ2n) is 2.11. The lowest BCUT2D eigenvalue weighted by Crippen LogP contribution is -2.36. The van der Waals surface area contributed by atoms with E-state index in [9.17, 15) is 14.0 Å². The first-order valence-corrected chi connectivity index (χ1v) is 3.63. The SMILES string of the molecule is CCn1c(=O)[nH]c(Cl)c(F)c1=O. The van der Waals surface area contributed by atoms with Crippen LogP contribution in [0.3, 0.4) is 0 Å². The van der Waals surface area contributed by atoms with Crippen LogP contribution in [-0.2, 0) is 6.54 Å². The highest BCUT2D eigenvalue weighted by atomic mass is 35.5. The van der Waals surface area contributed by atoms with E-state index >= 15 is 0 Å². The maximum absolute atomic E-state index is 12.7. The first kappa shape index (κ1) is 8.99. The standard InChI is InChI=1S/C6H6ClFN2O2/c1-2-10-5(11)3(8)4(7)9-6(10)12/h2H2,1H3,(H,9,12). The van der Waals surface area contributed by atoms with Crippen LogP contribution in [0.15, 0.2) is 9.59 Å². The fourth-order valence-corrected chi connectivity index (χ4v) is 0.970. The largest absolute Gasteiger partial charge is 0.329 e. The summed E-state index contributed by atoms with van der Waals surface area (Å²) in [6.07, 6.45) is 0. The van der Waals surface area contributed by atoms with Gasteiger partial charge in [0.15, 0.2) is 5.15 Å². The molecule has 0 atom stereocenters. The normalized spacial score (nSPS) is 10.2. The fraction of sp³-hybridized carbons (Fsp3) is 0.333. The molecular formula is C6H6ClFN2O2. The van der Waals surface area contributed by atoms with Crippen LogP contribution in [0.1, 0.15) is 6.92 Å². The van der Waals surface area contributed by atoms with Gasteiger partial charge < -0.3 is 0 Å². The van der Waals surface area contributed by atoms with Crippen molar-refractivity contribution >= 4 is 11.6 Å². The van der Waals surface area contributed by atoms with Gasteiger partial charge in [0.05, 0.1) is 0 Å². The second-order valence-corrected chi connectivity index (χ2v) is 2.49. The lowest BCUT2D eigenvalue weighted by molar-refractivity contribution is 0.551. The van der Waals surface area contributed by atoms with E-state index in [1.807, 2.05) is 4.98 Å². The summed E-state index contributed by atoms with van der Waals surface area (Å²) >= 11 is 5.20. The van der Waals surface area contributed by atoms with Crippen LogP contribution in [-0.4, -0.2) is 9.55 Å². The summed E-state index contributed by atoms with van der Waals surface area (Å²) in [6.45, 7) is 1.67. The molecular weight excluding hydrogens is 187 g/mol. The third kappa shape index (κ3) is 1.27. The van der Waals surface area contributed by atoms with Crippen molar-refractivity contribution < 1.29 is 4.39 Å². The second kappa shape index (κ2) is 3.10. The number of rotatable bonds is 1. The molecule has 0 spiro atoms. The van der Waals surface area contributed by atoms with E-state index < -0.39 is 22.2 Å². The minimum atomic E-state index is -1.13. The van der Waals surface area contributed by atoms with E-state index in [0.29, 0.717) is 0 Å². The van der Waals surface area contributed by atoms with Crippen molar-refractivity contribution in [1.29, 1.82) is 0 Å². The van der Waals surface area contributed by atoms with E-state index in [-0.39, 0.29) is 6.54 Å². The Labute approximate surface area is 71.6 Å². The molecule has 6 heteroatoms. The average molecular weight is 193 g/mol. The van der Waals surface area contributed by atoms with Gasteiger partial charge in [-0.15, -0.1) is 0 Å². The molecule has 1 heterocycles. The summed E-state index contributed by atoms with van der Waals surface area (Å²) in [5.41, 5.74) is -1.69. The zero-order valence-electron chi connectivity index (χ0n) is 6.23. The van der Waals surface area contributed by atoms with Gasteiger partial charge in [-0.2, -0.15) is 4.39 Å². The molecule has 66 valence electrons. The summed E-state index contributed by atoms with van der Waals surface area (Å²) in [5.74, 6) is -1.13. The van der Waals surface area contributed by atoms with Gasteiger partial charge in [-0.05, 0) is 6.92 Å². The van der Waals surface area contributed by atoms with Crippen LogP contribution in [0.4, 0.5) is 4.39 Å². The number of nitrogens with one attached hydrogen (secondary N) is 1. The predicted octanol–water partition coefficient (Wildman–Crippen LogP) is 0.349. The van der Waals surface area contributed by atoms with Crippen molar-refractivity contribution in [2.24, 2.45) is 0 Å². The number of aromatic nitrogens is 2. The fourth-order valence-electron chi connectivity index (χ4n) is 0.808. The summed E-state index contributed by atoms with van der Waals surface area (Å²) in [6, 6.07) is 0. The number of H-pyrrole nitrogens is 1. The van der Waals surface area contributed by atoms with E-state index in [1.165, 1.54) is 0 Å². The smallest absolute Gasteiger partial charge is 0.295 e. The molecule has 0 fully saturated rings. The quantitative estimate of drug-likeness (QED) is 0.653. The van der Waals surface area contributed by atoms with Gasteiger partial charge in [-0.3, -0.25) is 14.3 Å². The van der Waals surface area contributed by atoms with Crippen LogP contribution >= 0.6 is 11.6 Å². The molecule has 0 amide bonds. The van der Waals surface area contributed by atoms with Gasteiger partial charge in [0, 0.05) is 6.54 Å². The zero-order valence-corrected chi connectivity index (χ0v) is 6.98. The van der Waals surface area contributed by atoms with Gasteiger partial charge in [-0.1, -0.05) is 11.6 Å². The molecule has 1 aromatic rings. The van der Waals surface area contributed by atoms with E-state index in [0.717, 1.165) is 4.57 Å². The maximum atomic E-state index is 12.7. The molecule has 0 aliphatic rings. The number of hydrogen-bond donors (Lipinski definition) is 1. The van der Waals surface area contributed by atoms with Gasteiger partial charge >= 0.3 is 5.69 Å². The van der Waals surface area contributed by atoms with Crippen LogP contribution < -0.4 is 11.2 Å². The van der Waals surface area contributed by atoms with E-state index in [2.05, 4.69) is 0 Å². The Bertz CT molecular complexity index is 409. The van der Waals surface area contributed by atoms with Gasteiger partial charge in [-0.25, -0.2) is 4.79 Å². The topological polar surface area (TPSA) is 54.9 Å². The van der Waals surface area contributed by atoms with Crippen LogP contribution in [0.2, 0.25) is 5.15 Å². The summed E-state index contributed by atoms with van der Waals surface area (Å²) in [4.78, 5) is 23.8. The summed E-state index contributed by atoms with van der Waals surface area (Å²) in [7, 11) is 0. The molecule has 0 aliphatic heterocycles. The molecule has 0 aliphatic carbocycles. The monoisotopic (exact) mass is 192 g/mol. The van der Waals surface area contributed by atoms with Crippen molar-refractivity contribution in [1.82, 2.24) is 9.55 Å². The maximum Gasteiger partial charge on any atom is 0.329 e. The Morgan fingerprint density at radius 2 is 2.17 bits per heavy atom. The minimum Gasteiger partial charge on any atom is -0.295 e. The third-order valence-electron chi connectivity index (χ3n) is 1.40. The number of aromatic amines is 1.